The second kappa shape index (κ2) is 7.02. The molecule has 0 aliphatic rings. The van der Waals surface area contributed by atoms with Gasteiger partial charge in [0.2, 0.25) is 0 Å². The van der Waals surface area contributed by atoms with Crippen LogP contribution in [0.15, 0.2) is 41.2 Å². The average Bonchev–Trinajstić information content (AvgIpc) is 2.51. The van der Waals surface area contributed by atoms with Gasteiger partial charge in [-0.3, -0.25) is 14.4 Å². The van der Waals surface area contributed by atoms with Gasteiger partial charge in [0, 0.05) is 24.7 Å². The predicted molar refractivity (Wildman–Crippen MR) is 77.6 cm³/mol. The third kappa shape index (κ3) is 4.17. The van der Waals surface area contributed by atoms with Gasteiger partial charge in [0.25, 0.3) is 17.4 Å². The lowest BCUT2D eigenvalue weighted by Gasteiger charge is -2.07. The lowest BCUT2D eigenvalue weighted by atomic mass is 10.2. The molecule has 0 spiro atoms. The van der Waals surface area contributed by atoms with Gasteiger partial charge in [-0.2, -0.15) is 5.10 Å². The summed E-state index contributed by atoms with van der Waals surface area (Å²) in [4.78, 5) is 34.3. The first kappa shape index (κ1) is 15.2. The SMILES string of the molecule is O=C(NCCNC(=O)c1ccc(=O)[nH]n1)c1cccc(O)c1. The van der Waals surface area contributed by atoms with Crippen LogP contribution in [0.5, 0.6) is 5.75 Å². The molecule has 0 fully saturated rings. The Labute approximate surface area is 125 Å². The summed E-state index contributed by atoms with van der Waals surface area (Å²) in [5.41, 5.74) is 0.0162. The van der Waals surface area contributed by atoms with E-state index in [4.69, 9.17) is 0 Å². The maximum Gasteiger partial charge on any atom is 0.271 e. The second-order valence-electron chi connectivity index (χ2n) is 4.37. The first-order chi connectivity index (χ1) is 10.6. The molecule has 8 nitrogen and oxygen atoms in total. The summed E-state index contributed by atoms with van der Waals surface area (Å²) in [6.07, 6.45) is 0. The molecule has 0 atom stereocenters. The zero-order chi connectivity index (χ0) is 15.9. The van der Waals surface area contributed by atoms with Gasteiger partial charge in [0.1, 0.15) is 11.4 Å². The van der Waals surface area contributed by atoms with E-state index >= 15 is 0 Å². The van der Waals surface area contributed by atoms with E-state index in [1.54, 1.807) is 12.1 Å². The molecule has 1 heterocycles. The number of aromatic amines is 1. The number of phenolic OH excluding ortho intramolecular Hbond substituents is 1. The van der Waals surface area contributed by atoms with Gasteiger partial charge >= 0.3 is 0 Å². The number of nitrogens with one attached hydrogen (secondary N) is 3. The molecule has 1 aromatic heterocycles. The molecular weight excluding hydrogens is 288 g/mol. The lowest BCUT2D eigenvalue weighted by molar-refractivity contribution is 0.0924. The number of nitrogens with zero attached hydrogens (tertiary/aromatic N) is 1. The van der Waals surface area contributed by atoms with Gasteiger partial charge < -0.3 is 15.7 Å². The Morgan fingerprint density at radius 2 is 1.82 bits per heavy atom. The summed E-state index contributed by atoms with van der Waals surface area (Å²) >= 11 is 0. The van der Waals surface area contributed by atoms with E-state index in [2.05, 4.69) is 20.8 Å². The Bertz CT molecular complexity index is 721. The van der Waals surface area contributed by atoms with Crippen LogP contribution >= 0.6 is 0 Å². The van der Waals surface area contributed by atoms with Crippen molar-refractivity contribution in [1.29, 1.82) is 0 Å². The standard InChI is InChI=1S/C14H14N4O4/c19-10-3-1-2-9(8-10)13(21)15-6-7-16-14(22)11-4-5-12(20)18-17-11/h1-5,8,19H,6-7H2,(H,15,21)(H,16,22)(H,18,20). The maximum atomic E-state index is 11.8. The number of hydrogen-bond donors (Lipinski definition) is 4. The summed E-state index contributed by atoms with van der Waals surface area (Å²) in [6.45, 7) is 0.410. The molecule has 0 saturated heterocycles. The maximum absolute atomic E-state index is 11.8. The summed E-state index contributed by atoms with van der Waals surface area (Å²) in [7, 11) is 0. The zero-order valence-corrected chi connectivity index (χ0v) is 11.5. The van der Waals surface area contributed by atoms with E-state index in [-0.39, 0.29) is 30.4 Å². The van der Waals surface area contributed by atoms with Crippen LogP contribution in [0.1, 0.15) is 20.8 Å². The van der Waals surface area contributed by atoms with Gasteiger partial charge in [-0.15, -0.1) is 0 Å². The molecule has 114 valence electrons. The van der Waals surface area contributed by atoms with Crippen molar-refractivity contribution in [2.75, 3.05) is 13.1 Å². The topological polar surface area (TPSA) is 124 Å². The highest BCUT2D eigenvalue weighted by atomic mass is 16.3. The molecule has 0 unspecified atom stereocenters. The third-order valence-electron chi connectivity index (χ3n) is 2.72. The number of amides is 2. The van der Waals surface area contributed by atoms with Gasteiger partial charge in [-0.25, -0.2) is 5.10 Å². The van der Waals surface area contributed by atoms with Gasteiger partial charge in [0.15, 0.2) is 0 Å². The molecule has 2 aromatic rings. The normalized spacial score (nSPS) is 10.0. The molecule has 0 radical (unpaired) electrons. The number of hydrogen-bond acceptors (Lipinski definition) is 5. The lowest BCUT2D eigenvalue weighted by Crippen LogP contribution is -2.35. The van der Waals surface area contributed by atoms with Crippen molar-refractivity contribution in [3.8, 4) is 5.75 Å². The fourth-order valence-electron chi connectivity index (χ4n) is 1.66. The molecule has 0 saturated carbocycles. The van der Waals surface area contributed by atoms with Crippen molar-refractivity contribution in [2.24, 2.45) is 0 Å². The highest BCUT2D eigenvalue weighted by molar-refractivity contribution is 5.94. The molecule has 0 aliphatic heterocycles. The minimum atomic E-state index is -0.456. The molecular formula is C14H14N4O4. The predicted octanol–water partition coefficient (Wildman–Crippen LogP) is -0.365. The van der Waals surface area contributed by atoms with Crippen LogP contribution in [0.3, 0.4) is 0 Å². The highest BCUT2D eigenvalue weighted by Gasteiger charge is 2.08. The monoisotopic (exact) mass is 302 g/mol. The molecule has 2 rings (SSSR count). The van der Waals surface area contributed by atoms with E-state index < -0.39 is 11.5 Å². The summed E-state index contributed by atoms with van der Waals surface area (Å²) < 4.78 is 0. The van der Waals surface area contributed by atoms with E-state index in [1.807, 2.05) is 0 Å². The van der Waals surface area contributed by atoms with Crippen LogP contribution in [0, 0.1) is 0 Å². The van der Waals surface area contributed by atoms with Crippen molar-refractivity contribution < 1.29 is 14.7 Å². The van der Waals surface area contributed by atoms with Crippen LogP contribution in [0.4, 0.5) is 0 Å². The van der Waals surface area contributed by atoms with E-state index in [1.165, 1.54) is 24.3 Å². The molecule has 2 amide bonds. The molecule has 8 heteroatoms. The van der Waals surface area contributed by atoms with Crippen molar-refractivity contribution in [1.82, 2.24) is 20.8 Å². The van der Waals surface area contributed by atoms with Crippen molar-refractivity contribution in [3.05, 3.63) is 58.0 Å². The summed E-state index contributed by atoms with van der Waals surface area (Å²) in [5, 5.41) is 20.2. The van der Waals surface area contributed by atoms with Crippen LogP contribution in [-0.4, -0.2) is 40.2 Å². The van der Waals surface area contributed by atoms with Crippen molar-refractivity contribution in [2.45, 2.75) is 0 Å². The van der Waals surface area contributed by atoms with Gasteiger partial charge in [0.05, 0.1) is 0 Å². The molecule has 0 aliphatic carbocycles. The molecule has 22 heavy (non-hydrogen) atoms. The molecule has 0 bridgehead atoms. The van der Waals surface area contributed by atoms with Gasteiger partial charge in [-0.1, -0.05) is 6.07 Å². The Hall–Kier alpha value is -3.16. The number of phenols is 1. The second-order valence-corrected chi connectivity index (χ2v) is 4.37. The first-order valence-electron chi connectivity index (χ1n) is 6.47. The molecule has 1 aromatic carbocycles. The Balaban J connectivity index is 1.77. The number of aromatic hydroxyl groups is 1. The van der Waals surface area contributed by atoms with Crippen molar-refractivity contribution in [3.63, 3.8) is 0 Å². The fourth-order valence-corrected chi connectivity index (χ4v) is 1.66. The van der Waals surface area contributed by atoms with Crippen LogP contribution in [0.2, 0.25) is 0 Å². The van der Waals surface area contributed by atoms with E-state index in [0.29, 0.717) is 5.56 Å². The Kier molecular flexibility index (Phi) is 4.86. The highest BCUT2D eigenvalue weighted by Crippen LogP contribution is 2.10. The number of carbonyl (C=O) groups is 2. The van der Waals surface area contributed by atoms with E-state index in [0.717, 1.165) is 0 Å². The van der Waals surface area contributed by atoms with Crippen molar-refractivity contribution >= 4 is 11.8 Å². The third-order valence-corrected chi connectivity index (χ3v) is 2.72. The minimum Gasteiger partial charge on any atom is -0.508 e. The number of H-pyrrole nitrogens is 1. The van der Waals surface area contributed by atoms with E-state index in [9.17, 15) is 19.5 Å². The zero-order valence-electron chi connectivity index (χ0n) is 11.5. The Morgan fingerprint density at radius 1 is 1.09 bits per heavy atom. The van der Waals surface area contributed by atoms with Gasteiger partial charge in [-0.05, 0) is 24.3 Å². The fraction of sp³-hybridized carbons (Fsp3) is 0.143. The molecule has 4 N–H and O–H groups in total. The number of benzene rings is 1. The number of rotatable bonds is 5. The minimum absolute atomic E-state index is 0.00472. The number of carbonyl (C=O) groups excluding carboxylic acids is 2. The average molecular weight is 302 g/mol. The quantitative estimate of drug-likeness (QED) is 0.561. The summed E-state index contributed by atoms with van der Waals surface area (Å²) in [6, 6.07) is 8.45. The van der Waals surface area contributed by atoms with Crippen LogP contribution in [-0.2, 0) is 0 Å². The van der Waals surface area contributed by atoms with Crippen LogP contribution in [0.25, 0.3) is 0 Å². The summed E-state index contributed by atoms with van der Waals surface area (Å²) in [5.74, 6) is -0.805. The first-order valence-corrected chi connectivity index (χ1v) is 6.47. The largest absolute Gasteiger partial charge is 0.508 e. The smallest absolute Gasteiger partial charge is 0.271 e. The Morgan fingerprint density at radius 3 is 2.45 bits per heavy atom. The van der Waals surface area contributed by atoms with Crippen LogP contribution < -0.4 is 16.2 Å². The number of aromatic nitrogens is 2.